The Kier molecular flexibility index (Phi) is 6.08. The number of hydrogen-bond donors (Lipinski definition) is 3. The van der Waals surface area contributed by atoms with E-state index in [4.69, 9.17) is 14.6 Å². The van der Waals surface area contributed by atoms with Crippen LogP contribution in [0.1, 0.15) is 34.1 Å². The molecule has 1 aromatic carbocycles. The summed E-state index contributed by atoms with van der Waals surface area (Å²) in [6.07, 6.45) is -0.955. The van der Waals surface area contributed by atoms with Crippen LogP contribution in [0.25, 0.3) is 0 Å². The second kappa shape index (κ2) is 8.51. The summed E-state index contributed by atoms with van der Waals surface area (Å²) in [6.45, 7) is 1.49. The number of H-pyrrole nitrogens is 1. The molecule has 1 aliphatic heterocycles. The molecule has 0 amide bonds. The van der Waals surface area contributed by atoms with Gasteiger partial charge in [-0.05, 0) is 19.1 Å². The third kappa shape index (κ3) is 4.38. The van der Waals surface area contributed by atoms with Crippen molar-refractivity contribution < 1.29 is 24.5 Å². The molecular weight excluding hydrogens is 368 g/mol. The van der Waals surface area contributed by atoms with Crippen molar-refractivity contribution >= 4 is 5.97 Å². The summed E-state index contributed by atoms with van der Waals surface area (Å²) in [5.41, 5.74) is 0.411. The van der Waals surface area contributed by atoms with Crippen LogP contribution in [0.15, 0.2) is 40.1 Å². The molecule has 1 aliphatic rings. The van der Waals surface area contributed by atoms with Gasteiger partial charge in [0.2, 0.25) is 0 Å². The number of aryl methyl sites for hydroxylation is 1. The lowest BCUT2D eigenvalue weighted by Crippen LogP contribution is -2.34. The highest BCUT2D eigenvalue weighted by Gasteiger charge is 2.35. The summed E-state index contributed by atoms with van der Waals surface area (Å²) in [5.74, 6) is -0.502. The van der Waals surface area contributed by atoms with E-state index in [-0.39, 0.29) is 31.6 Å². The molecule has 0 spiro atoms. The van der Waals surface area contributed by atoms with E-state index in [0.717, 1.165) is 10.1 Å². The molecule has 0 saturated carbocycles. The first-order valence-electron chi connectivity index (χ1n) is 8.91. The van der Waals surface area contributed by atoms with Gasteiger partial charge in [0.1, 0.15) is 12.3 Å². The molecule has 3 atom stereocenters. The number of carbonyl (C=O) groups excluding carboxylic acids is 1. The highest BCUT2D eigenvalue weighted by Crippen LogP contribution is 2.27. The van der Waals surface area contributed by atoms with Crippen LogP contribution in [0.2, 0.25) is 0 Å². The molecule has 3 rings (SSSR count). The van der Waals surface area contributed by atoms with Gasteiger partial charge < -0.3 is 19.7 Å². The number of aromatic nitrogens is 2. The minimum Gasteiger partial charge on any atom is -0.462 e. The second-order valence-electron chi connectivity index (χ2n) is 6.69. The maximum Gasteiger partial charge on any atom is 0.338 e. The summed E-state index contributed by atoms with van der Waals surface area (Å²) in [6, 6.07) is 6.91. The topological polar surface area (TPSA) is 131 Å². The van der Waals surface area contributed by atoms with Gasteiger partial charge in [-0.2, -0.15) is 0 Å². The second-order valence-corrected chi connectivity index (χ2v) is 6.69. The number of ether oxygens (including phenoxy) is 2. The fraction of sp³-hybridized carbons (Fsp3) is 0.421. The van der Waals surface area contributed by atoms with Gasteiger partial charge in [0, 0.05) is 24.6 Å². The van der Waals surface area contributed by atoms with Crippen molar-refractivity contribution in [3.63, 3.8) is 0 Å². The van der Waals surface area contributed by atoms with Crippen LogP contribution in [-0.4, -0.2) is 51.2 Å². The number of nitrogens with zero attached hydrogens (tertiary/aromatic N) is 1. The van der Waals surface area contributed by atoms with Gasteiger partial charge in [-0.3, -0.25) is 14.3 Å². The molecule has 1 saturated heterocycles. The molecule has 3 unspecified atom stereocenters. The molecule has 9 nitrogen and oxygen atoms in total. The first kappa shape index (κ1) is 20.0. The van der Waals surface area contributed by atoms with E-state index < -0.39 is 35.7 Å². The monoisotopic (exact) mass is 390 g/mol. The van der Waals surface area contributed by atoms with Gasteiger partial charge in [0.05, 0.1) is 24.9 Å². The van der Waals surface area contributed by atoms with E-state index in [1.54, 1.807) is 24.3 Å². The van der Waals surface area contributed by atoms with Crippen molar-refractivity contribution in [2.45, 2.75) is 38.2 Å². The smallest absolute Gasteiger partial charge is 0.338 e. The van der Waals surface area contributed by atoms with Gasteiger partial charge in [0.25, 0.3) is 5.56 Å². The molecule has 150 valence electrons. The normalized spacial score (nSPS) is 21.6. The number of carbonyl (C=O) groups is 1. The van der Waals surface area contributed by atoms with Crippen molar-refractivity contribution in [3.05, 3.63) is 68.0 Å². The van der Waals surface area contributed by atoms with E-state index in [1.807, 2.05) is 6.92 Å². The fourth-order valence-electron chi connectivity index (χ4n) is 3.00. The van der Waals surface area contributed by atoms with Crippen LogP contribution in [0.4, 0.5) is 0 Å². The molecule has 0 bridgehead atoms. The zero-order chi connectivity index (χ0) is 20.3. The number of aliphatic hydroxyl groups is 2. The predicted octanol–water partition coefficient (Wildman–Crippen LogP) is -0.115. The minimum atomic E-state index is -0.909. The molecule has 1 fully saturated rings. The van der Waals surface area contributed by atoms with Crippen LogP contribution < -0.4 is 11.2 Å². The summed E-state index contributed by atoms with van der Waals surface area (Å²) in [5, 5.41) is 19.0. The predicted molar refractivity (Wildman–Crippen MR) is 98.1 cm³/mol. The Balaban J connectivity index is 1.67. The van der Waals surface area contributed by atoms with Gasteiger partial charge in [0.15, 0.2) is 0 Å². The Morgan fingerprint density at radius 3 is 2.68 bits per heavy atom. The van der Waals surface area contributed by atoms with Crippen molar-refractivity contribution in [1.29, 1.82) is 0 Å². The van der Waals surface area contributed by atoms with Crippen molar-refractivity contribution in [1.82, 2.24) is 9.55 Å². The van der Waals surface area contributed by atoms with Gasteiger partial charge in [-0.25, -0.2) is 9.59 Å². The third-order valence-corrected chi connectivity index (χ3v) is 4.63. The molecule has 3 N–H and O–H groups in total. The lowest BCUT2D eigenvalue weighted by molar-refractivity contribution is -0.0460. The fourth-order valence-corrected chi connectivity index (χ4v) is 3.00. The van der Waals surface area contributed by atoms with E-state index in [0.29, 0.717) is 5.56 Å². The largest absolute Gasteiger partial charge is 0.462 e. The van der Waals surface area contributed by atoms with Crippen molar-refractivity contribution in [3.8, 4) is 0 Å². The Labute approximate surface area is 160 Å². The van der Waals surface area contributed by atoms with Gasteiger partial charge >= 0.3 is 11.7 Å². The summed E-state index contributed by atoms with van der Waals surface area (Å²) in [4.78, 5) is 38.3. The highest BCUT2D eigenvalue weighted by molar-refractivity contribution is 5.89. The van der Waals surface area contributed by atoms with Crippen LogP contribution in [0.5, 0.6) is 0 Å². The number of esters is 1. The Morgan fingerprint density at radius 1 is 1.32 bits per heavy atom. The van der Waals surface area contributed by atoms with Crippen molar-refractivity contribution in [2.75, 3.05) is 13.2 Å². The quantitative estimate of drug-likeness (QED) is 0.586. The number of hydrogen-bond acceptors (Lipinski definition) is 7. The zero-order valence-corrected chi connectivity index (χ0v) is 15.3. The standard InChI is InChI=1S/C19H22N2O7/c1-11-2-4-12(5-3-11)18(25)27-7-6-13-9-21(19(26)20-17(13)24)16-8-14(23)15(10-22)28-16/h2-5,9,14-16,22-23H,6-8,10H2,1H3,(H,20,24,26). The molecule has 2 heterocycles. The number of aliphatic hydroxyl groups excluding tert-OH is 2. The van der Waals surface area contributed by atoms with Crippen molar-refractivity contribution in [2.24, 2.45) is 0 Å². The Hall–Kier alpha value is -2.75. The highest BCUT2D eigenvalue weighted by atomic mass is 16.5. The maximum absolute atomic E-state index is 12.1. The van der Waals surface area contributed by atoms with E-state index >= 15 is 0 Å². The summed E-state index contributed by atoms with van der Waals surface area (Å²) >= 11 is 0. The van der Waals surface area contributed by atoms with E-state index in [2.05, 4.69) is 4.98 Å². The molecular formula is C19H22N2O7. The van der Waals surface area contributed by atoms with Gasteiger partial charge in [-0.15, -0.1) is 0 Å². The Bertz CT molecular complexity index is 948. The molecule has 0 aliphatic carbocycles. The number of nitrogens with one attached hydrogen (secondary N) is 1. The minimum absolute atomic E-state index is 0.0403. The number of aromatic amines is 1. The van der Waals surface area contributed by atoms with E-state index in [9.17, 15) is 19.5 Å². The third-order valence-electron chi connectivity index (χ3n) is 4.63. The summed E-state index contributed by atoms with van der Waals surface area (Å²) in [7, 11) is 0. The average Bonchev–Trinajstić information content (AvgIpc) is 3.04. The van der Waals surface area contributed by atoms with Gasteiger partial charge in [-0.1, -0.05) is 17.7 Å². The first-order valence-corrected chi connectivity index (χ1v) is 8.91. The van der Waals surface area contributed by atoms with Crippen LogP contribution in [0.3, 0.4) is 0 Å². The van der Waals surface area contributed by atoms with Crippen LogP contribution in [0, 0.1) is 6.92 Å². The molecule has 1 aromatic heterocycles. The lowest BCUT2D eigenvalue weighted by atomic mass is 10.1. The molecule has 9 heteroatoms. The Morgan fingerprint density at radius 2 is 2.04 bits per heavy atom. The molecule has 28 heavy (non-hydrogen) atoms. The molecule has 2 aromatic rings. The maximum atomic E-state index is 12.1. The van der Waals surface area contributed by atoms with Crippen LogP contribution >= 0.6 is 0 Å². The number of rotatable bonds is 6. The summed E-state index contributed by atoms with van der Waals surface area (Å²) < 4.78 is 11.8. The SMILES string of the molecule is Cc1ccc(C(=O)OCCc2cn(C3CC(O)C(CO)O3)c(=O)[nH]c2=O)cc1. The lowest BCUT2D eigenvalue weighted by Gasteiger charge is -2.15. The average molecular weight is 390 g/mol. The number of benzene rings is 1. The molecule has 0 radical (unpaired) electrons. The van der Waals surface area contributed by atoms with E-state index in [1.165, 1.54) is 6.20 Å². The zero-order valence-electron chi connectivity index (χ0n) is 15.3. The first-order chi connectivity index (χ1) is 13.4. The van der Waals surface area contributed by atoms with Crippen LogP contribution in [-0.2, 0) is 15.9 Å².